The van der Waals surface area contributed by atoms with Crippen molar-refractivity contribution < 1.29 is 24.4 Å². The minimum Gasteiger partial charge on any atom is -0.500 e. The number of hydrogen-bond acceptors (Lipinski definition) is 7. The number of hydrogen-bond donors (Lipinski definition) is 1. The lowest BCUT2D eigenvalue weighted by Gasteiger charge is -2.12. The first-order valence-electron chi connectivity index (χ1n) is 8.75. The van der Waals surface area contributed by atoms with Crippen LogP contribution in [0.3, 0.4) is 0 Å². The van der Waals surface area contributed by atoms with E-state index in [4.69, 9.17) is 4.74 Å². The van der Waals surface area contributed by atoms with E-state index in [9.17, 15) is 24.8 Å². The summed E-state index contributed by atoms with van der Waals surface area (Å²) in [5.41, 5.74) is 0.859. The molecule has 0 aliphatic carbocycles. The zero-order valence-electron chi connectivity index (χ0n) is 15.5. The number of amides is 2. The van der Waals surface area contributed by atoms with Crippen LogP contribution in [0.2, 0.25) is 0 Å². The molecular formula is C20H18N2O6S. The highest BCUT2D eigenvalue weighted by Gasteiger charge is 2.34. The highest BCUT2D eigenvalue weighted by Crippen LogP contribution is 2.39. The van der Waals surface area contributed by atoms with Crippen LogP contribution >= 0.6 is 11.8 Å². The highest BCUT2D eigenvalue weighted by atomic mass is 32.2. The topological polar surface area (TPSA) is 110 Å². The van der Waals surface area contributed by atoms with Gasteiger partial charge in [0.25, 0.3) is 11.1 Å². The van der Waals surface area contributed by atoms with E-state index in [1.165, 1.54) is 24.2 Å². The zero-order valence-corrected chi connectivity index (χ0v) is 16.3. The van der Waals surface area contributed by atoms with Crippen molar-refractivity contribution in [2.75, 3.05) is 13.7 Å². The Labute approximate surface area is 170 Å². The van der Waals surface area contributed by atoms with Gasteiger partial charge in [-0.2, -0.15) is 0 Å². The van der Waals surface area contributed by atoms with Crippen LogP contribution in [0.25, 0.3) is 6.08 Å². The lowest BCUT2D eigenvalue weighted by atomic mass is 10.1. The van der Waals surface area contributed by atoms with E-state index in [1.54, 1.807) is 0 Å². The standard InChI is InChI=1S/C20H18N2O6S/c1-28-16-11-14(10-15(18(16)23)22(26)27)12-17-19(24)21(20(25)29-17)9-5-8-13-6-3-2-4-7-13/h2-4,6-7,10-12,23H,5,8-9H2,1H3. The van der Waals surface area contributed by atoms with Gasteiger partial charge in [-0.15, -0.1) is 0 Å². The number of nitrogens with zero attached hydrogens (tertiary/aromatic N) is 2. The van der Waals surface area contributed by atoms with Crippen LogP contribution < -0.4 is 4.74 Å². The molecule has 0 spiro atoms. The largest absolute Gasteiger partial charge is 0.500 e. The van der Waals surface area contributed by atoms with Gasteiger partial charge in [0, 0.05) is 12.6 Å². The number of imide groups is 1. The monoisotopic (exact) mass is 414 g/mol. The minimum absolute atomic E-state index is 0.0902. The van der Waals surface area contributed by atoms with Gasteiger partial charge < -0.3 is 9.84 Å². The molecule has 1 N–H and O–H groups in total. The second-order valence-corrected chi connectivity index (χ2v) is 7.26. The van der Waals surface area contributed by atoms with Gasteiger partial charge in [0.1, 0.15) is 0 Å². The van der Waals surface area contributed by atoms with Crippen LogP contribution in [0.5, 0.6) is 11.5 Å². The molecule has 0 atom stereocenters. The predicted octanol–water partition coefficient (Wildman–Crippen LogP) is 3.98. The van der Waals surface area contributed by atoms with Crippen molar-refractivity contribution in [2.24, 2.45) is 0 Å². The van der Waals surface area contributed by atoms with Crippen LogP contribution in [0.1, 0.15) is 17.5 Å². The number of carbonyl (C=O) groups is 2. The Kier molecular flexibility index (Phi) is 6.18. The first-order chi connectivity index (χ1) is 13.9. The Balaban J connectivity index is 1.76. The van der Waals surface area contributed by atoms with Gasteiger partial charge in [0.2, 0.25) is 5.75 Å². The second kappa shape index (κ2) is 8.78. The lowest BCUT2D eigenvalue weighted by molar-refractivity contribution is -0.386. The molecule has 0 aromatic heterocycles. The molecule has 1 heterocycles. The van der Waals surface area contributed by atoms with E-state index in [2.05, 4.69) is 0 Å². The maximum absolute atomic E-state index is 12.6. The van der Waals surface area contributed by atoms with Crippen LogP contribution in [0.15, 0.2) is 47.4 Å². The molecule has 150 valence electrons. The highest BCUT2D eigenvalue weighted by molar-refractivity contribution is 8.18. The van der Waals surface area contributed by atoms with Crippen molar-refractivity contribution in [3.63, 3.8) is 0 Å². The number of nitro groups is 1. The molecular weight excluding hydrogens is 396 g/mol. The fourth-order valence-electron chi connectivity index (χ4n) is 2.92. The molecule has 8 nitrogen and oxygen atoms in total. The molecule has 29 heavy (non-hydrogen) atoms. The van der Waals surface area contributed by atoms with Gasteiger partial charge in [-0.05, 0) is 47.9 Å². The fourth-order valence-corrected chi connectivity index (χ4v) is 3.79. The summed E-state index contributed by atoms with van der Waals surface area (Å²) in [6.07, 6.45) is 2.76. The average molecular weight is 414 g/mol. The third-order valence-corrected chi connectivity index (χ3v) is 5.26. The molecule has 0 bridgehead atoms. The smallest absolute Gasteiger partial charge is 0.315 e. The number of rotatable bonds is 7. The minimum atomic E-state index is -0.746. The molecule has 0 saturated carbocycles. The third-order valence-electron chi connectivity index (χ3n) is 4.36. The number of thioether (sulfide) groups is 1. The first-order valence-corrected chi connectivity index (χ1v) is 9.57. The Morgan fingerprint density at radius 3 is 2.62 bits per heavy atom. The molecule has 2 aromatic carbocycles. The molecule has 3 rings (SSSR count). The molecule has 1 saturated heterocycles. The molecule has 1 aliphatic rings. The van der Waals surface area contributed by atoms with Crippen molar-refractivity contribution in [1.82, 2.24) is 4.90 Å². The van der Waals surface area contributed by atoms with Crippen molar-refractivity contribution in [1.29, 1.82) is 0 Å². The number of ether oxygens (including phenoxy) is 1. The molecule has 2 amide bonds. The molecule has 0 radical (unpaired) electrons. The van der Waals surface area contributed by atoms with Crippen LogP contribution in [-0.4, -0.2) is 39.7 Å². The number of aromatic hydroxyl groups is 1. The Morgan fingerprint density at radius 2 is 1.97 bits per heavy atom. The van der Waals surface area contributed by atoms with Crippen molar-refractivity contribution in [2.45, 2.75) is 12.8 Å². The SMILES string of the molecule is COc1cc(C=C2SC(=O)N(CCCc3ccccc3)C2=O)cc([N+](=O)[O-])c1O. The second-order valence-electron chi connectivity index (χ2n) is 6.27. The zero-order chi connectivity index (χ0) is 21.0. The Bertz CT molecular complexity index is 990. The summed E-state index contributed by atoms with van der Waals surface area (Å²) in [7, 11) is 1.27. The van der Waals surface area contributed by atoms with E-state index in [0.29, 0.717) is 6.42 Å². The van der Waals surface area contributed by atoms with E-state index in [-0.39, 0.29) is 28.0 Å². The van der Waals surface area contributed by atoms with Crippen LogP contribution in [0, 0.1) is 10.1 Å². The number of methoxy groups -OCH3 is 1. The van der Waals surface area contributed by atoms with E-state index in [0.717, 1.165) is 29.8 Å². The predicted molar refractivity (Wildman–Crippen MR) is 109 cm³/mol. The average Bonchev–Trinajstić information content (AvgIpc) is 2.97. The number of phenols is 1. The van der Waals surface area contributed by atoms with Gasteiger partial charge in [0.05, 0.1) is 16.9 Å². The van der Waals surface area contributed by atoms with Crippen LogP contribution in [0.4, 0.5) is 10.5 Å². The summed E-state index contributed by atoms with van der Waals surface area (Å²) >= 11 is 0.780. The fraction of sp³-hybridized carbons (Fsp3) is 0.200. The third kappa shape index (κ3) is 4.57. The summed E-state index contributed by atoms with van der Waals surface area (Å²) in [6, 6.07) is 12.3. The lowest BCUT2D eigenvalue weighted by Crippen LogP contribution is -2.29. The van der Waals surface area contributed by atoms with Gasteiger partial charge in [-0.3, -0.25) is 24.6 Å². The normalized spacial score (nSPS) is 15.2. The van der Waals surface area contributed by atoms with Crippen molar-refractivity contribution >= 4 is 34.7 Å². The van der Waals surface area contributed by atoms with Gasteiger partial charge in [-0.25, -0.2) is 0 Å². The van der Waals surface area contributed by atoms with Crippen molar-refractivity contribution in [3.8, 4) is 11.5 Å². The van der Waals surface area contributed by atoms with Gasteiger partial charge in [0.15, 0.2) is 5.75 Å². The number of nitro benzene ring substituents is 1. The van der Waals surface area contributed by atoms with Crippen LogP contribution in [-0.2, 0) is 11.2 Å². The summed E-state index contributed by atoms with van der Waals surface area (Å²) in [4.78, 5) is 36.5. The molecule has 9 heteroatoms. The Morgan fingerprint density at radius 1 is 1.24 bits per heavy atom. The van der Waals surface area contributed by atoms with E-state index >= 15 is 0 Å². The molecule has 0 unspecified atom stereocenters. The van der Waals surface area contributed by atoms with E-state index in [1.807, 2.05) is 30.3 Å². The molecule has 2 aromatic rings. The first kappa shape index (κ1) is 20.4. The maximum atomic E-state index is 12.6. The van der Waals surface area contributed by atoms with E-state index < -0.39 is 22.3 Å². The number of aryl methyl sites for hydroxylation is 1. The summed E-state index contributed by atoms with van der Waals surface area (Å²) < 4.78 is 4.95. The Hall–Kier alpha value is -3.33. The number of phenolic OH excluding ortho intramolecular Hbond substituents is 1. The summed E-state index contributed by atoms with van der Waals surface area (Å²) in [5, 5.41) is 20.6. The number of carbonyl (C=O) groups excluding carboxylic acids is 2. The molecule has 1 fully saturated rings. The maximum Gasteiger partial charge on any atom is 0.315 e. The van der Waals surface area contributed by atoms with Crippen molar-refractivity contribution in [3.05, 3.63) is 68.6 Å². The summed E-state index contributed by atoms with van der Waals surface area (Å²) in [6.45, 7) is 0.288. The van der Waals surface area contributed by atoms with Gasteiger partial charge >= 0.3 is 5.69 Å². The quantitative estimate of drug-likeness (QED) is 0.414. The summed E-state index contributed by atoms with van der Waals surface area (Å²) in [5.74, 6) is -1.13. The van der Waals surface area contributed by atoms with Gasteiger partial charge in [-0.1, -0.05) is 30.3 Å². The molecule has 1 aliphatic heterocycles. The number of benzene rings is 2.